The second-order valence-corrected chi connectivity index (χ2v) is 9.90. The Bertz CT molecular complexity index is 541. The van der Waals surface area contributed by atoms with E-state index in [9.17, 15) is 13.2 Å². The molecule has 6 nitrogen and oxygen atoms in total. The number of amides is 1. The molecule has 0 aromatic heterocycles. The van der Waals surface area contributed by atoms with E-state index in [0.717, 1.165) is 32.4 Å². The van der Waals surface area contributed by atoms with Crippen molar-refractivity contribution in [3.05, 3.63) is 0 Å². The minimum absolute atomic E-state index is 0.00810. The Morgan fingerprint density at radius 2 is 1.42 bits per heavy atom. The SMILES string of the molecule is CC1CC(C)CN(S(=O)(=O)N2CCC(C(=O)N3CCCC3)CC2)C1. The zero-order chi connectivity index (χ0) is 17.3. The molecule has 3 aliphatic rings. The van der Waals surface area contributed by atoms with E-state index in [0.29, 0.717) is 50.9 Å². The van der Waals surface area contributed by atoms with Crippen LogP contribution in [-0.2, 0) is 15.0 Å². The van der Waals surface area contributed by atoms with Gasteiger partial charge >= 0.3 is 0 Å². The Balaban J connectivity index is 1.58. The summed E-state index contributed by atoms with van der Waals surface area (Å²) >= 11 is 0. The fourth-order valence-corrected chi connectivity index (χ4v) is 6.37. The molecular formula is C17H31N3O3S. The summed E-state index contributed by atoms with van der Waals surface area (Å²) in [5, 5.41) is 0. The maximum atomic E-state index is 12.9. The van der Waals surface area contributed by atoms with Crippen LogP contribution in [0, 0.1) is 17.8 Å². The Morgan fingerprint density at radius 3 is 1.96 bits per heavy atom. The number of hydrogen-bond donors (Lipinski definition) is 0. The summed E-state index contributed by atoms with van der Waals surface area (Å²) in [6, 6.07) is 0. The van der Waals surface area contributed by atoms with Gasteiger partial charge in [-0.05, 0) is 43.9 Å². The molecule has 2 atom stereocenters. The Kier molecular flexibility index (Phi) is 5.52. The van der Waals surface area contributed by atoms with E-state index in [1.165, 1.54) is 0 Å². The van der Waals surface area contributed by atoms with Gasteiger partial charge in [-0.25, -0.2) is 0 Å². The summed E-state index contributed by atoms with van der Waals surface area (Å²) in [7, 11) is -3.38. The van der Waals surface area contributed by atoms with E-state index in [1.54, 1.807) is 8.61 Å². The largest absolute Gasteiger partial charge is 0.342 e. The van der Waals surface area contributed by atoms with Gasteiger partial charge in [0.05, 0.1) is 0 Å². The van der Waals surface area contributed by atoms with Crippen LogP contribution in [-0.4, -0.2) is 67.1 Å². The molecule has 3 rings (SSSR count). The maximum absolute atomic E-state index is 12.9. The molecule has 0 aliphatic carbocycles. The molecule has 0 radical (unpaired) electrons. The smallest absolute Gasteiger partial charge is 0.281 e. The molecule has 0 aromatic carbocycles. The summed E-state index contributed by atoms with van der Waals surface area (Å²) in [4.78, 5) is 14.5. The zero-order valence-corrected chi connectivity index (χ0v) is 15.8. The molecule has 0 aromatic rings. The van der Waals surface area contributed by atoms with Crippen LogP contribution < -0.4 is 0 Å². The molecule has 24 heavy (non-hydrogen) atoms. The van der Waals surface area contributed by atoms with E-state index < -0.39 is 10.2 Å². The van der Waals surface area contributed by atoms with Crippen molar-refractivity contribution >= 4 is 16.1 Å². The third kappa shape index (κ3) is 3.78. The maximum Gasteiger partial charge on any atom is 0.281 e. The molecule has 0 spiro atoms. The molecule has 3 heterocycles. The molecule has 3 fully saturated rings. The van der Waals surface area contributed by atoms with Gasteiger partial charge in [-0.3, -0.25) is 4.79 Å². The summed E-state index contributed by atoms with van der Waals surface area (Å²) < 4.78 is 29.1. The van der Waals surface area contributed by atoms with Crippen LogP contribution in [0.1, 0.15) is 46.0 Å². The molecule has 0 N–H and O–H groups in total. The van der Waals surface area contributed by atoms with Crippen LogP contribution in [0.15, 0.2) is 0 Å². The average Bonchev–Trinajstić information content (AvgIpc) is 3.08. The Morgan fingerprint density at radius 1 is 0.875 bits per heavy atom. The van der Waals surface area contributed by atoms with Crippen LogP contribution >= 0.6 is 0 Å². The van der Waals surface area contributed by atoms with Gasteiger partial charge in [-0.2, -0.15) is 17.0 Å². The van der Waals surface area contributed by atoms with Gasteiger partial charge in [0.15, 0.2) is 0 Å². The topological polar surface area (TPSA) is 60.9 Å². The lowest BCUT2D eigenvalue weighted by Gasteiger charge is -2.39. The molecule has 138 valence electrons. The number of likely N-dealkylation sites (tertiary alicyclic amines) is 1. The lowest BCUT2D eigenvalue weighted by molar-refractivity contribution is -0.135. The van der Waals surface area contributed by atoms with Crippen molar-refractivity contribution in [1.29, 1.82) is 0 Å². The van der Waals surface area contributed by atoms with Crippen LogP contribution in [0.5, 0.6) is 0 Å². The van der Waals surface area contributed by atoms with E-state index >= 15 is 0 Å². The lowest BCUT2D eigenvalue weighted by atomic mass is 9.94. The van der Waals surface area contributed by atoms with Crippen LogP contribution in [0.2, 0.25) is 0 Å². The normalized spacial score (nSPS) is 31.5. The summed E-state index contributed by atoms with van der Waals surface area (Å²) in [6.07, 6.45) is 4.62. The third-order valence-electron chi connectivity index (χ3n) is 5.71. The highest BCUT2D eigenvalue weighted by Crippen LogP contribution is 2.28. The number of piperidine rings is 2. The number of nitrogens with zero attached hydrogens (tertiary/aromatic N) is 3. The van der Waals surface area contributed by atoms with Gasteiger partial charge in [0.2, 0.25) is 5.91 Å². The van der Waals surface area contributed by atoms with Crippen molar-refractivity contribution in [2.24, 2.45) is 17.8 Å². The van der Waals surface area contributed by atoms with E-state index in [4.69, 9.17) is 0 Å². The fourth-order valence-electron chi connectivity index (χ4n) is 4.49. The third-order valence-corrected chi connectivity index (χ3v) is 7.68. The highest BCUT2D eigenvalue weighted by molar-refractivity contribution is 7.86. The van der Waals surface area contributed by atoms with Gasteiger partial charge in [0.25, 0.3) is 10.2 Å². The number of carbonyl (C=O) groups excluding carboxylic acids is 1. The van der Waals surface area contributed by atoms with Crippen molar-refractivity contribution in [2.45, 2.75) is 46.0 Å². The highest BCUT2D eigenvalue weighted by atomic mass is 32.2. The molecular weight excluding hydrogens is 326 g/mol. The van der Waals surface area contributed by atoms with Crippen molar-refractivity contribution in [2.75, 3.05) is 39.3 Å². The van der Waals surface area contributed by atoms with E-state index in [1.807, 2.05) is 4.90 Å². The first-order chi connectivity index (χ1) is 11.4. The van der Waals surface area contributed by atoms with Crippen LogP contribution in [0.25, 0.3) is 0 Å². The fraction of sp³-hybridized carbons (Fsp3) is 0.941. The van der Waals surface area contributed by atoms with Gasteiger partial charge in [0.1, 0.15) is 0 Å². The quantitative estimate of drug-likeness (QED) is 0.770. The number of carbonyl (C=O) groups is 1. The first-order valence-electron chi connectivity index (χ1n) is 9.42. The highest BCUT2D eigenvalue weighted by Gasteiger charge is 2.38. The van der Waals surface area contributed by atoms with Gasteiger partial charge in [-0.15, -0.1) is 0 Å². The Labute approximate surface area is 146 Å². The predicted molar refractivity (Wildman–Crippen MR) is 93.5 cm³/mol. The Hall–Kier alpha value is -0.660. The molecule has 3 saturated heterocycles. The zero-order valence-electron chi connectivity index (χ0n) is 15.0. The van der Waals surface area contributed by atoms with E-state index in [2.05, 4.69) is 13.8 Å². The van der Waals surface area contributed by atoms with E-state index in [-0.39, 0.29) is 11.8 Å². The van der Waals surface area contributed by atoms with Crippen molar-refractivity contribution in [3.63, 3.8) is 0 Å². The van der Waals surface area contributed by atoms with Crippen molar-refractivity contribution in [3.8, 4) is 0 Å². The monoisotopic (exact) mass is 357 g/mol. The van der Waals surface area contributed by atoms with Gasteiger partial charge in [0, 0.05) is 45.2 Å². The number of rotatable bonds is 3. The van der Waals surface area contributed by atoms with Crippen molar-refractivity contribution < 1.29 is 13.2 Å². The molecule has 0 saturated carbocycles. The summed E-state index contributed by atoms with van der Waals surface area (Å²) in [5.41, 5.74) is 0. The lowest BCUT2D eigenvalue weighted by Crippen LogP contribution is -2.52. The minimum Gasteiger partial charge on any atom is -0.342 e. The molecule has 2 unspecified atom stereocenters. The molecule has 7 heteroatoms. The van der Waals surface area contributed by atoms with Crippen LogP contribution in [0.3, 0.4) is 0 Å². The average molecular weight is 358 g/mol. The first kappa shape index (κ1) is 18.1. The van der Waals surface area contributed by atoms with Gasteiger partial charge < -0.3 is 4.90 Å². The summed E-state index contributed by atoms with van der Waals surface area (Å²) in [6.45, 7) is 8.20. The second-order valence-electron chi connectivity index (χ2n) is 7.98. The van der Waals surface area contributed by atoms with Crippen molar-refractivity contribution in [1.82, 2.24) is 13.5 Å². The van der Waals surface area contributed by atoms with Gasteiger partial charge in [-0.1, -0.05) is 13.8 Å². The molecule has 3 aliphatic heterocycles. The minimum atomic E-state index is -3.38. The molecule has 1 amide bonds. The summed E-state index contributed by atoms with van der Waals surface area (Å²) in [5.74, 6) is 1.08. The number of hydrogen-bond acceptors (Lipinski definition) is 3. The first-order valence-corrected chi connectivity index (χ1v) is 10.8. The standard InChI is InChI=1S/C17H31N3O3S/c1-14-11-15(2)13-20(12-14)24(22,23)19-9-5-16(6-10-19)17(21)18-7-3-4-8-18/h14-16H,3-13H2,1-2H3. The molecule has 0 bridgehead atoms. The predicted octanol–water partition coefficient (Wildman–Crippen LogP) is 1.54. The van der Waals surface area contributed by atoms with Crippen LogP contribution in [0.4, 0.5) is 0 Å². The second kappa shape index (κ2) is 7.30.